The highest BCUT2D eigenvalue weighted by molar-refractivity contribution is 7.99. The summed E-state index contributed by atoms with van der Waals surface area (Å²) in [5.74, 6) is 3.25. The lowest BCUT2D eigenvalue weighted by Crippen LogP contribution is -2.27. The molecule has 9 nitrogen and oxygen atoms in total. The Hall–Kier alpha value is -3.01. The summed E-state index contributed by atoms with van der Waals surface area (Å²) in [6.45, 7) is 13.0. The first-order valence-electron chi connectivity index (χ1n) is 12.2. The predicted octanol–water partition coefficient (Wildman–Crippen LogP) is 4.62. The van der Waals surface area contributed by atoms with Gasteiger partial charge in [-0.3, -0.25) is 4.79 Å². The molecule has 0 saturated carbocycles. The highest BCUT2D eigenvalue weighted by atomic mass is 32.2. The molecule has 0 radical (unpaired) electrons. The van der Waals surface area contributed by atoms with Crippen molar-refractivity contribution in [3.8, 4) is 11.5 Å². The molecule has 0 spiro atoms. The lowest BCUT2D eigenvalue weighted by atomic mass is 10.2. The van der Waals surface area contributed by atoms with Gasteiger partial charge >= 0.3 is 0 Å². The number of hydrogen-bond donors (Lipinski definition) is 2. The fourth-order valence-corrected chi connectivity index (χ4v) is 4.06. The fourth-order valence-electron chi connectivity index (χ4n) is 3.36. The maximum absolute atomic E-state index is 12.8. The summed E-state index contributed by atoms with van der Waals surface area (Å²) >= 11 is 1.64. The molecular formula is C25H36N6O3S. The number of amides is 1. The van der Waals surface area contributed by atoms with Crippen LogP contribution in [0.3, 0.4) is 0 Å². The Morgan fingerprint density at radius 2 is 1.89 bits per heavy atom. The van der Waals surface area contributed by atoms with Crippen molar-refractivity contribution in [1.82, 2.24) is 25.1 Å². The third kappa shape index (κ3) is 7.24. The molecule has 0 saturated heterocycles. The number of carbonyl (C=O) groups is 1. The molecule has 2 heterocycles. The molecule has 3 aromatic rings. The number of carbonyl (C=O) groups excluding carboxylic acids is 1. The number of ether oxygens (including phenoxy) is 2. The third-order valence-corrected chi connectivity index (χ3v) is 6.06. The van der Waals surface area contributed by atoms with Crippen LogP contribution in [0, 0.1) is 5.92 Å². The average Bonchev–Trinajstić information content (AvgIpc) is 3.25. The third-order valence-electron chi connectivity index (χ3n) is 5.00. The molecule has 1 aromatic carbocycles. The van der Waals surface area contributed by atoms with Crippen LogP contribution in [0.4, 0.5) is 5.82 Å². The van der Waals surface area contributed by atoms with E-state index in [1.807, 2.05) is 18.5 Å². The summed E-state index contributed by atoms with van der Waals surface area (Å²) in [7, 11) is 0. The van der Waals surface area contributed by atoms with Crippen LogP contribution >= 0.6 is 11.8 Å². The van der Waals surface area contributed by atoms with Crippen LogP contribution in [-0.4, -0.2) is 57.7 Å². The molecule has 2 N–H and O–H groups in total. The molecule has 3 rings (SSSR count). The predicted molar refractivity (Wildman–Crippen MR) is 141 cm³/mol. The number of aromatic nitrogens is 4. The Bertz CT molecular complexity index is 1120. The number of rotatable bonds is 14. The van der Waals surface area contributed by atoms with Crippen molar-refractivity contribution in [3.05, 3.63) is 30.0 Å². The Morgan fingerprint density at radius 1 is 1.11 bits per heavy atom. The van der Waals surface area contributed by atoms with E-state index >= 15 is 0 Å². The van der Waals surface area contributed by atoms with Crippen molar-refractivity contribution in [3.63, 3.8) is 0 Å². The van der Waals surface area contributed by atoms with E-state index in [2.05, 4.69) is 36.5 Å². The first-order valence-corrected chi connectivity index (χ1v) is 13.2. The number of benzene rings is 1. The average molecular weight is 501 g/mol. The normalized spacial score (nSPS) is 11.1. The number of anilines is 1. The molecule has 10 heteroatoms. The number of hydrogen-bond acceptors (Lipinski definition) is 8. The summed E-state index contributed by atoms with van der Waals surface area (Å²) in [6, 6.07) is 5.22. The van der Waals surface area contributed by atoms with E-state index < -0.39 is 0 Å². The number of fused-ring (bicyclic) bond motifs is 1. The second kappa shape index (κ2) is 13.2. The lowest BCUT2D eigenvalue weighted by Gasteiger charge is -2.13. The van der Waals surface area contributed by atoms with Gasteiger partial charge in [-0.25, -0.2) is 14.6 Å². The van der Waals surface area contributed by atoms with Crippen molar-refractivity contribution in [2.24, 2.45) is 5.92 Å². The smallest absolute Gasteiger partial charge is 0.251 e. The highest BCUT2D eigenvalue weighted by Gasteiger charge is 2.15. The lowest BCUT2D eigenvalue weighted by molar-refractivity contribution is 0.0951. The van der Waals surface area contributed by atoms with E-state index in [9.17, 15) is 4.79 Å². The molecule has 0 atom stereocenters. The molecule has 0 aliphatic carbocycles. The molecule has 1 amide bonds. The fraction of sp³-hybridized carbons (Fsp3) is 0.520. The Balaban J connectivity index is 1.72. The monoisotopic (exact) mass is 500 g/mol. The topological polar surface area (TPSA) is 103 Å². The summed E-state index contributed by atoms with van der Waals surface area (Å²) in [6.07, 6.45) is 2.83. The second-order valence-corrected chi connectivity index (χ2v) is 9.43. The van der Waals surface area contributed by atoms with Crippen molar-refractivity contribution < 1.29 is 14.3 Å². The van der Waals surface area contributed by atoms with Gasteiger partial charge in [0.05, 0.1) is 31.3 Å². The number of thioether (sulfide) groups is 1. The highest BCUT2D eigenvalue weighted by Crippen LogP contribution is 2.28. The molecule has 0 aliphatic rings. The van der Waals surface area contributed by atoms with Crippen molar-refractivity contribution in [2.45, 2.75) is 52.7 Å². The molecule has 0 fully saturated rings. The van der Waals surface area contributed by atoms with Crippen LogP contribution in [0.5, 0.6) is 11.5 Å². The Kier molecular flexibility index (Phi) is 10.0. The summed E-state index contributed by atoms with van der Waals surface area (Å²) in [4.78, 5) is 22.2. The molecule has 35 heavy (non-hydrogen) atoms. The quantitative estimate of drug-likeness (QED) is 0.244. The van der Waals surface area contributed by atoms with E-state index in [4.69, 9.17) is 19.4 Å². The second-order valence-electron chi connectivity index (χ2n) is 8.37. The van der Waals surface area contributed by atoms with Crippen LogP contribution in [0.15, 0.2) is 29.6 Å². The first-order chi connectivity index (χ1) is 17.0. The van der Waals surface area contributed by atoms with Crippen LogP contribution in [-0.2, 0) is 6.54 Å². The van der Waals surface area contributed by atoms with E-state index in [0.717, 1.165) is 40.7 Å². The van der Waals surface area contributed by atoms with Gasteiger partial charge in [-0.05, 0) is 44.4 Å². The molecule has 2 aromatic heterocycles. The van der Waals surface area contributed by atoms with Gasteiger partial charge in [0.1, 0.15) is 5.82 Å². The SMILES string of the molecule is CCCSc1nc(NCC(C)C)c2cnn(CCNC(=O)c3ccc(OCC)c(OCC)c3)c2n1. The van der Waals surface area contributed by atoms with Gasteiger partial charge in [0.25, 0.3) is 5.91 Å². The summed E-state index contributed by atoms with van der Waals surface area (Å²) in [5, 5.41) is 12.5. The first kappa shape index (κ1) is 26.6. The van der Waals surface area contributed by atoms with Crippen molar-refractivity contribution in [1.29, 1.82) is 0 Å². The molecule has 0 unspecified atom stereocenters. The van der Waals surface area contributed by atoms with Gasteiger partial charge in [-0.15, -0.1) is 0 Å². The molecular weight excluding hydrogens is 464 g/mol. The zero-order chi connectivity index (χ0) is 25.2. The van der Waals surface area contributed by atoms with Crippen molar-refractivity contribution in [2.75, 3.05) is 37.4 Å². The number of nitrogens with one attached hydrogen (secondary N) is 2. The minimum absolute atomic E-state index is 0.182. The Labute approximate surface area is 211 Å². The van der Waals surface area contributed by atoms with E-state index in [1.165, 1.54) is 0 Å². The zero-order valence-electron chi connectivity index (χ0n) is 21.3. The number of nitrogens with zero attached hydrogens (tertiary/aromatic N) is 4. The summed E-state index contributed by atoms with van der Waals surface area (Å²) < 4.78 is 13.0. The van der Waals surface area contributed by atoms with Crippen LogP contribution in [0.1, 0.15) is 51.4 Å². The van der Waals surface area contributed by atoms with Gasteiger partial charge in [0, 0.05) is 24.4 Å². The maximum atomic E-state index is 12.8. The largest absolute Gasteiger partial charge is 0.490 e. The van der Waals surface area contributed by atoms with Gasteiger partial charge in [0.2, 0.25) is 0 Å². The molecule has 190 valence electrons. The Morgan fingerprint density at radius 3 is 2.60 bits per heavy atom. The minimum atomic E-state index is -0.182. The van der Waals surface area contributed by atoms with Gasteiger partial charge in [-0.2, -0.15) is 5.10 Å². The summed E-state index contributed by atoms with van der Waals surface area (Å²) in [5.41, 5.74) is 1.28. The van der Waals surface area contributed by atoms with Crippen LogP contribution in [0.2, 0.25) is 0 Å². The van der Waals surface area contributed by atoms with Crippen LogP contribution < -0.4 is 20.1 Å². The van der Waals surface area contributed by atoms with E-state index in [1.54, 1.807) is 36.2 Å². The zero-order valence-corrected chi connectivity index (χ0v) is 22.1. The van der Waals surface area contributed by atoms with Crippen molar-refractivity contribution >= 4 is 34.5 Å². The van der Waals surface area contributed by atoms with Gasteiger partial charge in [-0.1, -0.05) is 32.5 Å². The molecule has 0 aliphatic heterocycles. The van der Waals surface area contributed by atoms with E-state index in [0.29, 0.717) is 49.3 Å². The molecule has 0 bridgehead atoms. The van der Waals surface area contributed by atoms with Crippen LogP contribution in [0.25, 0.3) is 11.0 Å². The van der Waals surface area contributed by atoms with Gasteiger partial charge in [0.15, 0.2) is 22.3 Å². The van der Waals surface area contributed by atoms with E-state index in [-0.39, 0.29) is 5.91 Å². The van der Waals surface area contributed by atoms with Gasteiger partial charge < -0.3 is 20.1 Å². The maximum Gasteiger partial charge on any atom is 0.251 e. The minimum Gasteiger partial charge on any atom is -0.490 e. The standard InChI is InChI=1S/C25H36N6O3S/c1-6-13-35-25-29-22(27-15-17(4)5)19-16-28-31(23(19)30-25)12-11-26-24(32)18-9-10-20(33-7-2)21(14-18)34-8-3/h9-10,14,16-17H,6-8,11-13,15H2,1-5H3,(H,26,32)(H,27,29,30).